The molecule has 2 rings (SSSR count). The van der Waals surface area contributed by atoms with Crippen molar-refractivity contribution in [2.75, 3.05) is 24.3 Å². The summed E-state index contributed by atoms with van der Waals surface area (Å²) in [5.74, 6) is 0. The van der Waals surface area contributed by atoms with Gasteiger partial charge in [0.05, 0.1) is 10.6 Å². The van der Waals surface area contributed by atoms with Gasteiger partial charge in [0.2, 0.25) is 0 Å². The lowest BCUT2D eigenvalue weighted by Gasteiger charge is -2.19. The zero-order valence-corrected chi connectivity index (χ0v) is 13.9. The highest BCUT2D eigenvalue weighted by atomic mass is 32.2. The summed E-state index contributed by atoms with van der Waals surface area (Å²) in [6, 6.07) is 12.4. The second kappa shape index (κ2) is 6.72. The van der Waals surface area contributed by atoms with Gasteiger partial charge >= 0.3 is 5.51 Å². The number of nitrogens with one attached hydrogen (secondary N) is 1. The smallest absolute Gasteiger partial charge is 0.380 e. The zero-order valence-electron chi connectivity index (χ0n) is 13.1. The van der Waals surface area contributed by atoms with Crippen molar-refractivity contribution in [3.05, 3.63) is 54.1 Å². The van der Waals surface area contributed by atoms with Crippen LogP contribution >= 0.6 is 0 Å². The normalized spacial score (nSPS) is 12.0. The predicted molar refractivity (Wildman–Crippen MR) is 87.8 cm³/mol. The maximum atomic E-state index is 12.8. The second-order valence-electron chi connectivity index (χ2n) is 5.32. The Balaban J connectivity index is 2.34. The Labute approximate surface area is 138 Å². The molecule has 2 aromatic rings. The molecule has 2 aromatic carbocycles. The molecule has 0 saturated carbocycles. The SMILES string of the molecule is CN(C)c1ccccc1CNc1ccccc1S(=O)(=O)C(F)(F)F. The van der Waals surface area contributed by atoms with Crippen LogP contribution in [-0.4, -0.2) is 28.0 Å². The maximum absolute atomic E-state index is 12.8. The third-order valence-electron chi connectivity index (χ3n) is 3.42. The van der Waals surface area contributed by atoms with Gasteiger partial charge in [-0.15, -0.1) is 0 Å². The number of anilines is 2. The number of hydrogen-bond acceptors (Lipinski definition) is 4. The van der Waals surface area contributed by atoms with Gasteiger partial charge < -0.3 is 10.2 Å². The van der Waals surface area contributed by atoms with E-state index >= 15 is 0 Å². The molecule has 0 atom stereocenters. The molecular formula is C16H17F3N2O2S. The largest absolute Gasteiger partial charge is 0.501 e. The van der Waals surface area contributed by atoms with Crippen LogP contribution in [0.1, 0.15) is 5.56 Å². The van der Waals surface area contributed by atoms with Crippen molar-refractivity contribution < 1.29 is 21.6 Å². The van der Waals surface area contributed by atoms with E-state index in [1.807, 2.05) is 43.3 Å². The second-order valence-corrected chi connectivity index (χ2v) is 7.23. The van der Waals surface area contributed by atoms with Crippen molar-refractivity contribution in [1.29, 1.82) is 0 Å². The van der Waals surface area contributed by atoms with Gasteiger partial charge in [-0.1, -0.05) is 30.3 Å². The van der Waals surface area contributed by atoms with E-state index in [4.69, 9.17) is 0 Å². The van der Waals surface area contributed by atoms with E-state index in [-0.39, 0.29) is 12.2 Å². The van der Waals surface area contributed by atoms with Crippen molar-refractivity contribution in [3.8, 4) is 0 Å². The van der Waals surface area contributed by atoms with Gasteiger partial charge in [0.25, 0.3) is 9.84 Å². The third-order valence-corrected chi connectivity index (χ3v) is 4.97. The first-order valence-corrected chi connectivity index (χ1v) is 8.52. The summed E-state index contributed by atoms with van der Waals surface area (Å²) < 4.78 is 61.8. The highest BCUT2D eigenvalue weighted by molar-refractivity contribution is 7.92. The fraction of sp³-hybridized carbons (Fsp3) is 0.250. The molecule has 130 valence electrons. The minimum Gasteiger partial charge on any atom is -0.380 e. The Morgan fingerprint density at radius 1 is 1.00 bits per heavy atom. The molecule has 8 heteroatoms. The lowest BCUT2D eigenvalue weighted by molar-refractivity contribution is -0.0435. The van der Waals surface area contributed by atoms with E-state index < -0.39 is 20.2 Å². The van der Waals surface area contributed by atoms with E-state index in [9.17, 15) is 21.6 Å². The van der Waals surface area contributed by atoms with Crippen molar-refractivity contribution in [1.82, 2.24) is 0 Å². The molecule has 0 spiro atoms. The maximum Gasteiger partial charge on any atom is 0.501 e. The average Bonchev–Trinajstić information content (AvgIpc) is 2.52. The van der Waals surface area contributed by atoms with E-state index in [1.54, 1.807) is 0 Å². The summed E-state index contributed by atoms with van der Waals surface area (Å²) in [7, 11) is -1.71. The molecule has 0 radical (unpaired) electrons. The molecule has 4 nitrogen and oxygen atoms in total. The van der Waals surface area contributed by atoms with Gasteiger partial charge in [0, 0.05) is 26.3 Å². The van der Waals surface area contributed by atoms with Crippen LogP contribution in [-0.2, 0) is 16.4 Å². The molecule has 0 aliphatic rings. The molecule has 0 aromatic heterocycles. The van der Waals surface area contributed by atoms with Crippen molar-refractivity contribution in [2.24, 2.45) is 0 Å². The molecule has 0 heterocycles. The summed E-state index contributed by atoms with van der Waals surface area (Å²) in [6.07, 6.45) is 0. The topological polar surface area (TPSA) is 49.4 Å². The van der Waals surface area contributed by atoms with Gasteiger partial charge in [-0.3, -0.25) is 0 Å². The number of halogens is 3. The van der Waals surface area contributed by atoms with Crippen molar-refractivity contribution in [3.63, 3.8) is 0 Å². The minimum atomic E-state index is -5.41. The molecule has 0 saturated heterocycles. The van der Waals surface area contributed by atoms with Gasteiger partial charge in [0.1, 0.15) is 0 Å². The van der Waals surface area contributed by atoms with E-state index in [2.05, 4.69) is 5.32 Å². The highest BCUT2D eigenvalue weighted by Gasteiger charge is 2.47. The van der Waals surface area contributed by atoms with E-state index in [1.165, 1.54) is 18.2 Å². The molecule has 24 heavy (non-hydrogen) atoms. The molecular weight excluding hydrogens is 341 g/mol. The summed E-state index contributed by atoms with van der Waals surface area (Å²) in [5.41, 5.74) is -3.70. The first-order valence-electron chi connectivity index (χ1n) is 7.04. The molecule has 1 N–H and O–H groups in total. The molecule has 0 aliphatic heterocycles. The van der Waals surface area contributed by atoms with Crippen LogP contribution in [0.2, 0.25) is 0 Å². The quantitative estimate of drug-likeness (QED) is 0.886. The van der Waals surface area contributed by atoms with Gasteiger partial charge in [-0.25, -0.2) is 8.42 Å². The molecule has 0 amide bonds. The summed E-state index contributed by atoms with van der Waals surface area (Å²) in [4.78, 5) is 1.09. The summed E-state index contributed by atoms with van der Waals surface area (Å²) in [5, 5.41) is 2.80. The summed E-state index contributed by atoms with van der Waals surface area (Å²) in [6.45, 7) is 0.193. The van der Waals surface area contributed by atoms with Crippen molar-refractivity contribution >= 4 is 21.2 Å². The first-order chi connectivity index (χ1) is 11.1. The number of alkyl halides is 3. The van der Waals surface area contributed by atoms with Crippen LogP contribution in [0.3, 0.4) is 0 Å². The van der Waals surface area contributed by atoms with Crippen LogP contribution in [0.25, 0.3) is 0 Å². The van der Waals surface area contributed by atoms with Crippen LogP contribution in [0.5, 0.6) is 0 Å². The number of sulfone groups is 1. The monoisotopic (exact) mass is 358 g/mol. The molecule has 0 aliphatic carbocycles. The highest BCUT2D eigenvalue weighted by Crippen LogP contribution is 2.34. The number of nitrogens with zero attached hydrogens (tertiary/aromatic N) is 1. The fourth-order valence-electron chi connectivity index (χ4n) is 2.26. The molecule has 0 unspecified atom stereocenters. The number of hydrogen-bond donors (Lipinski definition) is 1. The van der Waals surface area contributed by atoms with Gasteiger partial charge in [-0.2, -0.15) is 13.2 Å². The number of para-hydroxylation sites is 2. The van der Waals surface area contributed by atoms with Crippen LogP contribution in [0.4, 0.5) is 24.5 Å². The van der Waals surface area contributed by atoms with Gasteiger partial charge in [0.15, 0.2) is 0 Å². The third kappa shape index (κ3) is 3.64. The number of benzene rings is 2. The van der Waals surface area contributed by atoms with E-state index in [0.717, 1.165) is 17.3 Å². The van der Waals surface area contributed by atoms with Crippen LogP contribution in [0, 0.1) is 0 Å². The van der Waals surface area contributed by atoms with Crippen LogP contribution < -0.4 is 10.2 Å². The zero-order chi connectivity index (χ0) is 18.0. The predicted octanol–water partition coefficient (Wildman–Crippen LogP) is 3.66. The number of rotatable bonds is 5. The Morgan fingerprint density at radius 3 is 2.21 bits per heavy atom. The average molecular weight is 358 g/mol. The molecule has 0 bridgehead atoms. The van der Waals surface area contributed by atoms with Crippen molar-refractivity contribution in [2.45, 2.75) is 16.9 Å². The minimum absolute atomic E-state index is 0.0802. The lowest BCUT2D eigenvalue weighted by atomic mass is 10.1. The fourth-order valence-corrected chi connectivity index (χ4v) is 3.20. The first kappa shape index (κ1) is 18.1. The standard InChI is InChI=1S/C16H17F3N2O2S/c1-21(2)14-9-5-3-7-12(14)11-20-13-8-4-6-10-15(13)24(22,23)16(17,18)19/h3-10,20H,11H2,1-2H3. The summed E-state index contributed by atoms with van der Waals surface area (Å²) >= 11 is 0. The van der Waals surface area contributed by atoms with E-state index in [0.29, 0.717) is 0 Å². The van der Waals surface area contributed by atoms with Gasteiger partial charge in [-0.05, 0) is 23.8 Å². The Hall–Kier alpha value is -2.22. The Morgan fingerprint density at radius 2 is 1.58 bits per heavy atom. The Bertz CT molecular complexity index is 818. The van der Waals surface area contributed by atoms with Crippen LogP contribution in [0.15, 0.2) is 53.4 Å². The lowest BCUT2D eigenvalue weighted by Crippen LogP contribution is -2.24. The Kier molecular flexibility index (Phi) is 5.08. The molecule has 0 fully saturated rings.